The Balaban J connectivity index is 1.31. The van der Waals surface area contributed by atoms with Gasteiger partial charge in [-0.1, -0.05) is 121 Å². The molecule has 10 aromatic rings. The van der Waals surface area contributed by atoms with Crippen molar-refractivity contribution in [3.05, 3.63) is 204 Å². The summed E-state index contributed by atoms with van der Waals surface area (Å²) >= 11 is 0. The predicted molar refractivity (Wildman–Crippen MR) is 247 cm³/mol. The summed E-state index contributed by atoms with van der Waals surface area (Å²) in [6, 6.07) is 38.2. The zero-order valence-corrected chi connectivity index (χ0v) is 36.4. The molecule has 4 nitrogen and oxygen atoms in total. The van der Waals surface area contributed by atoms with Crippen molar-refractivity contribution in [1.82, 2.24) is 19.5 Å². The third kappa shape index (κ3) is 9.01. The highest BCUT2D eigenvalue weighted by Gasteiger charge is 2.40. The number of hydrogen-bond acceptors (Lipinski definition) is 3. The van der Waals surface area contributed by atoms with Crippen LogP contribution in [0.1, 0.15) is 22.3 Å². The van der Waals surface area contributed by atoms with Crippen LogP contribution in [0.25, 0.3) is 95.0 Å². The molecule has 0 N–H and O–H groups in total. The Bertz CT molecular complexity index is 3520. The topological polar surface area (TPSA) is 43.6 Å². The van der Waals surface area contributed by atoms with E-state index in [0.29, 0.717) is 41.0 Å². The first kappa shape index (κ1) is 47.3. The van der Waals surface area contributed by atoms with Crippen molar-refractivity contribution >= 4 is 21.8 Å². The largest absolute Gasteiger partial charge is 0.417 e. The van der Waals surface area contributed by atoms with Gasteiger partial charge in [-0.2, -0.15) is 52.7 Å². The third-order valence-electron chi connectivity index (χ3n) is 12.0. The quantitative estimate of drug-likeness (QED) is 0.149. The number of benzene rings is 8. The van der Waals surface area contributed by atoms with E-state index in [2.05, 4.69) is 0 Å². The lowest BCUT2D eigenvalue weighted by Gasteiger charge is -2.19. The Morgan fingerprint density at radius 1 is 0.319 bits per heavy atom. The van der Waals surface area contributed by atoms with Crippen LogP contribution in [0.2, 0.25) is 0 Å². The number of nitrogens with zero attached hydrogens (tertiary/aromatic N) is 4. The van der Waals surface area contributed by atoms with E-state index in [1.165, 1.54) is 59.2 Å². The lowest BCUT2D eigenvalue weighted by Crippen LogP contribution is -2.12. The number of alkyl halides is 12. The summed E-state index contributed by atoms with van der Waals surface area (Å²) in [4.78, 5) is 14.4. The van der Waals surface area contributed by atoms with Crippen molar-refractivity contribution in [2.45, 2.75) is 24.7 Å². The fourth-order valence-corrected chi connectivity index (χ4v) is 8.72. The fourth-order valence-electron chi connectivity index (χ4n) is 8.72. The van der Waals surface area contributed by atoms with Gasteiger partial charge >= 0.3 is 24.7 Å². The van der Waals surface area contributed by atoms with Crippen LogP contribution in [-0.2, 0) is 24.7 Å². The number of fused-ring (bicyclic) bond motifs is 3. The first-order valence-electron chi connectivity index (χ1n) is 21.6. The molecular formula is C55H29F13N4. The minimum Gasteiger partial charge on any atom is -0.309 e. The first-order valence-corrected chi connectivity index (χ1v) is 21.6. The van der Waals surface area contributed by atoms with E-state index in [9.17, 15) is 52.7 Å². The van der Waals surface area contributed by atoms with Crippen molar-refractivity contribution in [1.29, 1.82) is 0 Å². The molecule has 0 fully saturated rings. The molecule has 2 aromatic heterocycles. The third-order valence-corrected chi connectivity index (χ3v) is 12.0. The zero-order valence-electron chi connectivity index (χ0n) is 36.4. The Hall–Kier alpha value is -8.34. The normalized spacial score (nSPS) is 12.5. The highest BCUT2D eigenvalue weighted by molar-refractivity contribution is 6.12. The molecule has 0 saturated carbocycles. The van der Waals surface area contributed by atoms with Crippen molar-refractivity contribution < 1.29 is 57.1 Å². The fraction of sp³-hybridized carbons (Fsp3) is 0.0727. The second-order valence-corrected chi connectivity index (χ2v) is 16.6. The average molecular weight is 993 g/mol. The molecule has 0 aliphatic rings. The second-order valence-electron chi connectivity index (χ2n) is 16.6. The summed E-state index contributed by atoms with van der Waals surface area (Å²) in [5.74, 6) is -0.0439. The Kier molecular flexibility index (Phi) is 11.5. The maximum Gasteiger partial charge on any atom is 0.417 e. The number of halogens is 13. The van der Waals surface area contributed by atoms with Gasteiger partial charge in [0.25, 0.3) is 0 Å². The minimum atomic E-state index is -5.29. The molecule has 0 saturated heterocycles. The van der Waals surface area contributed by atoms with E-state index in [4.69, 9.17) is 15.0 Å². The molecule has 0 aliphatic heterocycles. The zero-order chi connectivity index (χ0) is 50.9. The van der Waals surface area contributed by atoms with Gasteiger partial charge in [-0.25, -0.2) is 19.3 Å². The van der Waals surface area contributed by atoms with E-state index in [-0.39, 0.29) is 79.4 Å². The van der Waals surface area contributed by atoms with Gasteiger partial charge in [-0.3, -0.25) is 0 Å². The van der Waals surface area contributed by atoms with E-state index >= 15 is 4.39 Å². The van der Waals surface area contributed by atoms with Crippen LogP contribution in [0.5, 0.6) is 0 Å². The number of aromatic nitrogens is 4. The predicted octanol–water partition coefficient (Wildman–Crippen LogP) is 17.2. The average Bonchev–Trinajstić information content (AvgIpc) is 3.68. The van der Waals surface area contributed by atoms with E-state index < -0.39 is 63.9 Å². The number of rotatable bonds is 7. The molecule has 0 radical (unpaired) electrons. The van der Waals surface area contributed by atoms with E-state index in [1.54, 1.807) is 84.9 Å². The molecule has 8 aromatic carbocycles. The summed E-state index contributed by atoms with van der Waals surface area (Å²) < 4.78 is 188. The van der Waals surface area contributed by atoms with Crippen LogP contribution in [0.15, 0.2) is 176 Å². The highest BCUT2D eigenvalue weighted by Crippen LogP contribution is 2.46. The Labute approximate surface area is 399 Å². The summed E-state index contributed by atoms with van der Waals surface area (Å²) in [5.41, 5.74) is -5.67. The summed E-state index contributed by atoms with van der Waals surface area (Å²) in [7, 11) is 0. The molecule has 0 unspecified atom stereocenters. The van der Waals surface area contributed by atoms with Gasteiger partial charge in [-0.15, -0.1) is 0 Å². The number of hydrogen-bond donors (Lipinski definition) is 0. The van der Waals surface area contributed by atoms with Gasteiger partial charge in [0.1, 0.15) is 5.82 Å². The Morgan fingerprint density at radius 3 is 1.15 bits per heavy atom. The lowest BCUT2D eigenvalue weighted by atomic mass is 9.95. The molecule has 0 bridgehead atoms. The van der Waals surface area contributed by atoms with Gasteiger partial charge < -0.3 is 4.57 Å². The van der Waals surface area contributed by atoms with Crippen LogP contribution >= 0.6 is 0 Å². The summed E-state index contributed by atoms with van der Waals surface area (Å²) in [6.45, 7) is 0. The maximum atomic E-state index is 15.2. The van der Waals surface area contributed by atoms with Gasteiger partial charge in [-0.05, 0) is 82.4 Å². The molecule has 72 heavy (non-hydrogen) atoms. The van der Waals surface area contributed by atoms with Gasteiger partial charge in [0.2, 0.25) is 0 Å². The van der Waals surface area contributed by atoms with Crippen LogP contribution < -0.4 is 0 Å². The lowest BCUT2D eigenvalue weighted by molar-refractivity contribution is -0.144. The van der Waals surface area contributed by atoms with Gasteiger partial charge in [0.05, 0.1) is 39.0 Å². The van der Waals surface area contributed by atoms with Crippen molar-refractivity contribution in [2.75, 3.05) is 0 Å². The second kappa shape index (κ2) is 17.5. The van der Waals surface area contributed by atoms with Crippen LogP contribution in [0.3, 0.4) is 0 Å². The molecule has 10 rings (SSSR count). The summed E-state index contributed by atoms with van der Waals surface area (Å²) in [5, 5.41) is 0.579. The summed E-state index contributed by atoms with van der Waals surface area (Å²) in [6.07, 6.45) is -20.8. The van der Waals surface area contributed by atoms with Crippen LogP contribution in [0, 0.1) is 5.82 Å². The van der Waals surface area contributed by atoms with Crippen LogP contribution in [0.4, 0.5) is 57.1 Å². The highest BCUT2D eigenvalue weighted by atomic mass is 19.4. The molecule has 0 atom stereocenters. The maximum absolute atomic E-state index is 15.2. The monoisotopic (exact) mass is 992 g/mol. The standard InChI is InChI=1S/C55H29F13N4/c56-38-13-7-12-32(24-38)41-19-16-35(51-70-49(30-8-3-1-4-9-30)69-50(71-51)31-10-5-2-6-11-31)27-46(41)72-47-25-33(39-22-17-36(52(57,58)59)28-44(39)54(63,64)65)14-20-42(47)43-21-15-34(26-48(43)72)40-23-18-37(53(60,61)62)29-45(40)55(66,67)68/h1-29H. The Morgan fingerprint density at radius 2 is 0.722 bits per heavy atom. The molecule has 360 valence electrons. The van der Waals surface area contributed by atoms with Gasteiger partial charge in [0.15, 0.2) is 17.5 Å². The van der Waals surface area contributed by atoms with Crippen molar-refractivity contribution in [2.24, 2.45) is 0 Å². The van der Waals surface area contributed by atoms with E-state index in [1.807, 2.05) is 0 Å². The smallest absolute Gasteiger partial charge is 0.309 e. The van der Waals surface area contributed by atoms with Crippen molar-refractivity contribution in [3.8, 4) is 73.2 Å². The molecular weight excluding hydrogens is 964 g/mol. The molecule has 17 heteroatoms. The SMILES string of the molecule is Fc1cccc(-c2ccc(-c3nc(-c4ccccc4)nc(-c4ccccc4)n3)cc2-n2c3cc(-c4ccc(C(F)(F)F)cc4C(F)(F)F)ccc3c3ccc(-c4ccc(C(F)(F)F)cc4C(F)(F)F)cc32)c1. The van der Waals surface area contributed by atoms with E-state index in [0.717, 1.165) is 0 Å². The van der Waals surface area contributed by atoms with Gasteiger partial charge in [0, 0.05) is 33.0 Å². The molecule has 0 aliphatic carbocycles. The van der Waals surface area contributed by atoms with Crippen molar-refractivity contribution in [3.63, 3.8) is 0 Å². The molecule has 0 spiro atoms. The molecule has 0 amide bonds. The first-order chi connectivity index (χ1) is 34.1. The molecule has 2 heterocycles. The minimum absolute atomic E-state index is 0.00268. The van der Waals surface area contributed by atoms with Crippen LogP contribution in [-0.4, -0.2) is 19.5 Å².